The summed E-state index contributed by atoms with van der Waals surface area (Å²) in [5, 5.41) is 25.3. The Hall–Kier alpha value is -2.04. The quantitative estimate of drug-likeness (QED) is 0.847. The molecule has 0 radical (unpaired) electrons. The zero-order valence-corrected chi connectivity index (χ0v) is 14.6. The van der Waals surface area contributed by atoms with E-state index in [2.05, 4.69) is 0 Å². The highest BCUT2D eigenvalue weighted by atomic mass is 16.3. The highest BCUT2D eigenvalue weighted by Crippen LogP contribution is 2.45. The molecule has 0 unspecified atom stereocenters. The SMILES string of the molecule is CN(C)c1ccc(C2C([O-])C(c3ccc(N(C)C)cc3)C2[O-])cc1. The Morgan fingerprint density at radius 3 is 1.12 bits per heavy atom. The van der Waals surface area contributed by atoms with Crippen molar-refractivity contribution in [2.24, 2.45) is 0 Å². The Bertz CT molecular complexity index is 610. The predicted molar refractivity (Wildman–Crippen MR) is 94.6 cm³/mol. The van der Waals surface area contributed by atoms with Gasteiger partial charge in [-0.1, -0.05) is 24.3 Å². The molecular formula is C20H24N2O2-2. The van der Waals surface area contributed by atoms with E-state index in [1.165, 1.54) is 0 Å². The zero-order valence-electron chi connectivity index (χ0n) is 14.6. The minimum atomic E-state index is -0.872. The van der Waals surface area contributed by atoms with Gasteiger partial charge in [-0.25, -0.2) is 0 Å². The average molecular weight is 324 g/mol. The van der Waals surface area contributed by atoms with Crippen molar-refractivity contribution in [1.82, 2.24) is 0 Å². The summed E-state index contributed by atoms with van der Waals surface area (Å²) in [6, 6.07) is 15.5. The fraction of sp³-hybridized carbons (Fsp3) is 0.400. The summed E-state index contributed by atoms with van der Waals surface area (Å²) < 4.78 is 0. The minimum Gasteiger partial charge on any atom is -0.851 e. The van der Waals surface area contributed by atoms with Gasteiger partial charge < -0.3 is 20.0 Å². The first kappa shape index (κ1) is 16.8. The molecule has 4 heteroatoms. The molecule has 0 amide bonds. The van der Waals surface area contributed by atoms with Gasteiger partial charge >= 0.3 is 0 Å². The van der Waals surface area contributed by atoms with Crippen molar-refractivity contribution in [3.05, 3.63) is 59.7 Å². The molecule has 2 aromatic rings. The minimum absolute atomic E-state index is 0.445. The Morgan fingerprint density at radius 2 is 0.875 bits per heavy atom. The van der Waals surface area contributed by atoms with Gasteiger partial charge in [0.15, 0.2) is 0 Å². The lowest BCUT2D eigenvalue weighted by atomic mass is 9.63. The smallest absolute Gasteiger partial charge is 0.0361 e. The van der Waals surface area contributed by atoms with Crippen LogP contribution < -0.4 is 20.0 Å². The van der Waals surface area contributed by atoms with Gasteiger partial charge in [0.25, 0.3) is 0 Å². The molecule has 4 nitrogen and oxygen atoms in total. The number of benzene rings is 2. The van der Waals surface area contributed by atoms with Crippen molar-refractivity contribution in [3.63, 3.8) is 0 Å². The van der Waals surface area contributed by atoms with Crippen LogP contribution in [-0.4, -0.2) is 40.4 Å². The van der Waals surface area contributed by atoms with Gasteiger partial charge in [-0.3, -0.25) is 0 Å². The number of anilines is 2. The highest BCUT2D eigenvalue weighted by molar-refractivity contribution is 5.50. The maximum Gasteiger partial charge on any atom is 0.0361 e. The molecular weight excluding hydrogens is 300 g/mol. The third kappa shape index (κ3) is 2.87. The van der Waals surface area contributed by atoms with Crippen molar-refractivity contribution in [3.8, 4) is 0 Å². The van der Waals surface area contributed by atoms with Gasteiger partial charge in [-0.2, -0.15) is 0 Å². The number of rotatable bonds is 4. The Kier molecular flexibility index (Phi) is 4.52. The Balaban J connectivity index is 1.76. The van der Waals surface area contributed by atoms with Gasteiger partial charge in [-0.05, 0) is 47.2 Å². The fourth-order valence-electron chi connectivity index (χ4n) is 3.42. The first-order valence-corrected chi connectivity index (χ1v) is 8.26. The lowest BCUT2D eigenvalue weighted by molar-refractivity contribution is -0.536. The van der Waals surface area contributed by atoms with Gasteiger partial charge in [0.1, 0.15) is 0 Å². The first-order chi connectivity index (χ1) is 11.4. The van der Waals surface area contributed by atoms with Crippen LogP contribution in [-0.2, 0) is 0 Å². The van der Waals surface area contributed by atoms with E-state index >= 15 is 0 Å². The molecule has 0 atom stereocenters. The van der Waals surface area contributed by atoms with Crippen LogP contribution in [0, 0.1) is 0 Å². The van der Waals surface area contributed by atoms with Gasteiger partial charge in [0, 0.05) is 39.6 Å². The molecule has 0 heterocycles. The largest absolute Gasteiger partial charge is 0.851 e. The molecule has 1 aliphatic rings. The molecule has 3 rings (SSSR count). The molecule has 0 bridgehead atoms. The van der Waals surface area contributed by atoms with Gasteiger partial charge in [0.05, 0.1) is 0 Å². The van der Waals surface area contributed by atoms with E-state index in [0.29, 0.717) is 0 Å². The summed E-state index contributed by atoms with van der Waals surface area (Å²) in [5.74, 6) is -0.889. The van der Waals surface area contributed by atoms with Crippen LogP contribution >= 0.6 is 0 Å². The summed E-state index contributed by atoms with van der Waals surface area (Å²) in [7, 11) is 7.88. The second-order valence-corrected chi connectivity index (χ2v) is 6.95. The molecule has 1 fully saturated rings. The number of hydrogen-bond acceptors (Lipinski definition) is 4. The molecule has 24 heavy (non-hydrogen) atoms. The maximum atomic E-state index is 12.7. The molecule has 1 aliphatic carbocycles. The molecule has 1 saturated carbocycles. The topological polar surface area (TPSA) is 52.6 Å². The van der Waals surface area contributed by atoms with Gasteiger partial charge in [-0.15, -0.1) is 12.2 Å². The summed E-state index contributed by atoms with van der Waals surface area (Å²) in [6.45, 7) is 0. The summed E-state index contributed by atoms with van der Waals surface area (Å²) in [5.41, 5.74) is 3.86. The Morgan fingerprint density at radius 1 is 0.583 bits per heavy atom. The number of hydrogen-bond donors (Lipinski definition) is 0. The first-order valence-electron chi connectivity index (χ1n) is 8.26. The van der Waals surface area contributed by atoms with Crippen LogP contribution in [0.2, 0.25) is 0 Å². The highest BCUT2D eigenvalue weighted by Gasteiger charge is 2.38. The average Bonchev–Trinajstić information content (AvgIpc) is 2.56. The van der Waals surface area contributed by atoms with Crippen molar-refractivity contribution in [2.75, 3.05) is 38.0 Å². The van der Waals surface area contributed by atoms with E-state index < -0.39 is 24.0 Å². The monoisotopic (exact) mass is 324 g/mol. The van der Waals surface area contributed by atoms with E-state index in [4.69, 9.17) is 0 Å². The van der Waals surface area contributed by atoms with E-state index in [-0.39, 0.29) is 0 Å². The third-order valence-electron chi connectivity index (χ3n) is 5.00. The van der Waals surface area contributed by atoms with E-state index in [1.807, 2.05) is 86.5 Å². The lowest BCUT2D eigenvalue weighted by Gasteiger charge is -2.61. The van der Waals surface area contributed by atoms with Crippen LogP contribution in [0.4, 0.5) is 11.4 Å². The molecule has 2 aromatic carbocycles. The molecule has 0 N–H and O–H groups in total. The van der Waals surface area contributed by atoms with Crippen molar-refractivity contribution in [2.45, 2.75) is 24.0 Å². The van der Waals surface area contributed by atoms with Crippen LogP contribution in [0.1, 0.15) is 23.0 Å². The molecule has 0 saturated heterocycles. The molecule has 0 aliphatic heterocycles. The van der Waals surface area contributed by atoms with Crippen LogP contribution in [0.25, 0.3) is 0 Å². The summed E-state index contributed by atoms with van der Waals surface area (Å²) in [6.07, 6.45) is -1.74. The summed E-state index contributed by atoms with van der Waals surface area (Å²) in [4.78, 5) is 4.01. The fourth-order valence-corrected chi connectivity index (χ4v) is 3.42. The van der Waals surface area contributed by atoms with Crippen molar-refractivity contribution in [1.29, 1.82) is 0 Å². The maximum absolute atomic E-state index is 12.7. The second-order valence-electron chi connectivity index (χ2n) is 6.95. The standard InChI is InChI=1S/C20H24N2O2/c1-21(2)15-9-5-13(6-10-15)17-19(23)18(20(17)24)14-7-11-16(12-8-14)22(3)4/h5-12,17-20H,1-4H3/q-2. The van der Waals surface area contributed by atoms with Crippen LogP contribution in [0.5, 0.6) is 0 Å². The number of nitrogens with zero attached hydrogens (tertiary/aromatic N) is 2. The van der Waals surface area contributed by atoms with E-state index in [1.54, 1.807) is 0 Å². The Labute approximate surface area is 144 Å². The van der Waals surface area contributed by atoms with Gasteiger partial charge in [0.2, 0.25) is 0 Å². The van der Waals surface area contributed by atoms with Crippen molar-refractivity contribution < 1.29 is 10.2 Å². The lowest BCUT2D eigenvalue weighted by Crippen LogP contribution is -2.63. The summed E-state index contributed by atoms with van der Waals surface area (Å²) >= 11 is 0. The van der Waals surface area contributed by atoms with Crippen LogP contribution in [0.15, 0.2) is 48.5 Å². The molecule has 0 spiro atoms. The van der Waals surface area contributed by atoms with Crippen LogP contribution in [0.3, 0.4) is 0 Å². The molecule has 0 aromatic heterocycles. The third-order valence-corrected chi connectivity index (χ3v) is 5.00. The van der Waals surface area contributed by atoms with E-state index in [9.17, 15) is 10.2 Å². The predicted octanol–water partition coefficient (Wildman–Crippen LogP) is 1.16. The zero-order chi connectivity index (χ0) is 17.4. The van der Waals surface area contributed by atoms with Crippen molar-refractivity contribution >= 4 is 11.4 Å². The second kappa shape index (κ2) is 6.46. The van der Waals surface area contributed by atoms with E-state index in [0.717, 1.165) is 22.5 Å². The molecule has 128 valence electrons. The normalized spacial score (nSPS) is 25.9.